The summed E-state index contributed by atoms with van der Waals surface area (Å²) >= 11 is 4.70. The Kier molecular flexibility index (Phi) is 4.03. The fourth-order valence-electron chi connectivity index (χ4n) is 3.97. The molecule has 130 valence electrons. The van der Waals surface area contributed by atoms with Gasteiger partial charge in [0.05, 0.1) is 9.30 Å². The quantitative estimate of drug-likeness (QED) is 0.739. The predicted molar refractivity (Wildman–Crippen MR) is 97.6 cm³/mol. The molecule has 0 aromatic carbocycles. The smallest absolute Gasteiger partial charge is 0.408 e. The van der Waals surface area contributed by atoms with E-state index in [-0.39, 0.29) is 16.9 Å². The monoisotopic (exact) mass is 413 g/mol. The first-order valence-electron chi connectivity index (χ1n) is 7.75. The van der Waals surface area contributed by atoms with Crippen LogP contribution in [0.1, 0.15) is 39.9 Å². The Morgan fingerprint density at radius 3 is 2.79 bits per heavy atom. The molecule has 8 heteroatoms. The molecule has 0 spiro atoms. The van der Waals surface area contributed by atoms with Crippen LogP contribution in [0.15, 0.2) is 14.6 Å². The number of amides is 1. The molecule has 6 nitrogen and oxygen atoms in total. The highest BCUT2D eigenvalue weighted by Gasteiger charge is 2.54. The average Bonchev–Trinajstić information content (AvgIpc) is 2.98. The Hall–Kier alpha value is -1.41. The summed E-state index contributed by atoms with van der Waals surface area (Å²) in [4.78, 5) is 33.2. The number of hydrogen-bond donors (Lipinski definition) is 2. The van der Waals surface area contributed by atoms with Gasteiger partial charge in [0.1, 0.15) is 16.1 Å². The van der Waals surface area contributed by atoms with Crippen LogP contribution in [0.3, 0.4) is 0 Å². The maximum atomic E-state index is 12.5. The molecule has 1 aliphatic rings. The number of thiophene rings is 1. The van der Waals surface area contributed by atoms with Crippen LogP contribution in [0.4, 0.5) is 4.79 Å². The molecule has 1 amide bonds. The van der Waals surface area contributed by atoms with Crippen LogP contribution in [-0.4, -0.2) is 32.6 Å². The van der Waals surface area contributed by atoms with E-state index in [0.717, 1.165) is 10.2 Å². The van der Waals surface area contributed by atoms with Gasteiger partial charge >= 0.3 is 6.09 Å². The molecule has 1 aliphatic heterocycles. The number of aromatic amines is 1. The summed E-state index contributed by atoms with van der Waals surface area (Å²) in [6.07, 6.45) is -0.250. The van der Waals surface area contributed by atoms with Crippen molar-refractivity contribution in [1.82, 2.24) is 14.9 Å². The number of fused-ring (bicyclic) bond motifs is 1. The third-order valence-electron chi connectivity index (χ3n) is 4.99. The zero-order chi connectivity index (χ0) is 17.9. The van der Waals surface area contributed by atoms with E-state index in [2.05, 4.69) is 46.7 Å². The molecule has 2 aromatic rings. The van der Waals surface area contributed by atoms with Gasteiger partial charge in [-0.05, 0) is 46.7 Å². The molecule has 2 aromatic heterocycles. The van der Waals surface area contributed by atoms with Gasteiger partial charge in [0.15, 0.2) is 0 Å². The summed E-state index contributed by atoms with van der Waals surface area (Å²) in [6.45, 7) is 8.59. The maximum Gasteiger partial charge on any atom is 0.408 e. The summed E-state index contributed by atoms with van der Waals surface area (Å²) < 4.78 is 1.37. The third kappa shape index (κ3) is 2.56. The molecule has 2 atom stereocenters. The largest absolute Gasteiger partial charge is 0.465 e. The number of likely N-dealkylation sites (tertiary alicyclic amines) is 1. The van der Waals surface area contributed by atoms with Gasteiger partial charge in [-0.3, -0.25) is 9.69 Å². The molecule has 2 N–H and O–H groups in total. The zero-order valence-corrected chi connectivity index (χ0v) is 16.4. The number of halogens is 1. The van der Waals surface area contributed by atoms with Gasteiger partial charge in [0.25, 0.3) is 5.56 Å². The van der Waals surface area contributed by atoms with E-state index in [9.17, 15) is 14.7 Å². The number of carboxylic acid groups (broad SMARTS) is 1. The van der Waals surface area contributed by atoms with Gasteiger partial charge < -0.3 is 10.1 Å². The maximum absolute atomic E-state index is 12.5. The summed E-state index contributed by atoms with van der Waals surface area (Å²) in [5.74, 6) is 0.467. The molecular weight excluding hydrogens is 394 g/mol. The summed E-state index contributed by atoms with van der Waals surface area (Å²) in [5.41, 5.74) is -0.623. The lowest BCUT2D eigenvalue weighted by atomic mass is 9.69. The second-order valence-electron chi connectivity index (χ2n) is 7.47. The zero-order valence-electron chi connectivity index (χ0n) is 14.0. The van der Waals surface area contributed by atoms with E-state index in [1.54, 1.807) is 6.07 Å². The number of carbonyl (C=O) groups is 1. The van der Waals surface area contributed by atoms with Gasteiger partial charge in [0, 0.05) is 6.54 Å². The van der Waals surface area contributed by atoms with Crippen LogP contribution < -0.4 is 5.56 Å². The van der Waals surface area contributed by atoms with Gasteiger partial charge in [-0.2, -0.15) is 0 Å². The average molecular weight is 414 g/mol. The number of hydrogen-bond acceptors (Lipinski definition) is 4. The van der Waals surface area contributed by atoms with Crippen molar-refractivity contribution in [3.8, 4) is 0 Å². The fourth-order valence-corrected chi connectivity index (χ4v) is 5.39. The number of nitrogens with one attached hydrogen (secondary N) is 1. The van der Waals surface area contributed by atoms with Gasteiger partial charge in [-0.25, -0.2) is 9.78 Å². The Morgan fingerprint density at radius 2 is 2.21 bits per heavy atom. The molecule has 3 heterocycles. The van der Waals surface area contributed by atoms with E-state index >= 15 is 0 Å². The molecule has 1 saturated heterocycles. The Bertz CT molecular complexity index is 870. The lowest BCUT2D eigenvalue weighted by molar-refractivity contribution is 0.0523. The second kappa shape index (κ2) is 5.56. The molecule has 1 unspecified atom stereocenters. The van der Waals surface area contributed by atoms with Gasteiger partial charge in [-0.1, -0.05) is 20.8 Å². The highest BCUT2D eigenvalue weighted by molar-refractivity contribution is 9.11. The standard InChI is InChI=1S/C16H20BrN3O3S/c1-15(2,3)9-5-6-20(14(22)23)16(9,4)13-18-8-7-10(17)24-11(8)12(21)19-13/h7,9H,5-6H2,1-4H3,(H,22,23)(H,18,19,21)/t9?,16-/m1/s1. The second-order valence-corrected chi connectivity index (χ2v) is 9.90. The van der Waals surface area contributed by atoms with Gasteiger partial charge in [0.2, 0.25) is 0 Å². The van der Waals surface area contributed by atoms with Crippen molar-refractivity contribution >= 4 is 43.6 Å². The minimum Gasteiger partial charge on any atom is -0.465 e. The fraction of sp³-hybridized carbons (Fsp3) is 0.562. The van der Waals surface area contributed by atoms with Crippen molar-refractivity contribution in [3.63, 3.8) is 0 Å². The third-order valence-corrected chi connectivity index (χ3v) is 6.62. The van der Waals surface area contributed by atoms with Crippen molar-refractivity contribution in [2.45, 2.75) is 39.7 Å². The number of H-pyrrole nitrogens is 1. The van der Waals surface area contributed by atoms with Crippen molar-refractivity contribution in [2.24, 2.45) is 11.3 Å². The van der Waals surface area contributed by atoms with Crippen molar-refractivity contribution in [1.29, 1.82) is 0 Å². The summed E-state index contributed by atoms with van der Waals surface area (Å²) in [7, 11) is 0. The first-order valence-corrected chi connectivity index (χ1v) is 9.36. The molecule has 0 saturated carbocycles. The Labute approximate surface area is 152 Å². The highest BCUT2D eigenvalue weighted by Crippen LogP contribution is 2.50. The van der Waals surface area contributed by atoms with E-state index in [1.807, 2.05) is 6.92 Å². The summed E-state index contributed by atoms with van der Waals surface area (Å²) in [5, 5.41) is 9.68. The molecule has 24 heavy (non-hydrogen) atoms. The normalized spacial score (nSPS) is 24.7. The number of nitrogens with zero attached hydrogens (tertiary/aromatic N) is 2. The molecule has 1 fully saturated rings. The minimum atomic E-state index is -0.988. The number of rotatable bonds is 1. The van der Waals surface area contributed by atoms with E-state index in [0.29, 0.717) is 22.6 Å². The Morgan fingerprint density at radius 1 is 1.54 bits per heavy atom. The SMILES string of the molecule is CC(C)(C)C1CCN(C(=O)O)[C@@]1(C)c1nc2cc(Br)sc2c(=O)[nH]1. The highest BCUT2D eigenvalue weighted by atomic mass is 79.9. The van der Waals surface area contributed by atoms with Crippen LogP contribution in [0.2, 0.25) is 0 Å². The number of aromatic nitrogens is 2. The minimum absolute atomic E-state index is 0.0452. The molecule has 3 rings (SSSR count). The van der Waals surface area contributed by atoms with E-state index in [1.165, 1.54) is 16.2 Å². The van der Waals surface area contributed by atoms with Crippen molar-refractivity contribution in [2.75, 3.05) is 6.54 Å². The van der Waals surface area contributed by atoms with Crippen LogP contribution in [0, 0.1) is 11.3 Å². The lowest BCUT2D eigenvalue weighted by Gasteiger charge is -2.42. The van der Waals surface area contributed by atoms with Gasteiger partial charge in [-0.15, -0.1) is 11.3 Å². The lowest BCUT2D eigenvalue weighted by Crippen LogP contribution is -2.50. The van der Waals surface area contributed by atoms with Crippen molar-refractivity contribution < 1.29 is 9.90 Å². The summed E-state index contributed by atoms with van der Waals surface area (Å²) in [6, 6.07) is 1.80. The first kappa shape index (κ1) is 17.4. The van der Waals surface area contributed by atoms with Crippen LogP contribution in [0.5, 0.6) is 0 Å². The topological polar surface area (TPSA) is 86.3 Å². The first-order chi connectivity index (χ1) is 11.0. The molecule has 0 radical (unpaired) electrons. The predicted octanol–water partition coefficient (Wildman–Crippen LogP) is 4.01. The molecule has 0 bridgehead atoms. The van der Waals surface area contributed by atoms with Crippen molar-refractivity contribution in [3.05, 3.63) is 26.0 Å². The Balaban J connectivity index is 2.25. The van der Waals surface area contributed by atoms with Crippen LogP contribution in [-0.2, 0) is 5.54 Å². The molecular formula is C16H20BrN3O3S. The van der Waals surface area contributed by atoms with E-state index in [4.69, 9.17) is 0 Å². The molecule has 0 aliphatic carbocycles. The van der Waals surface area contributed by atoms with Crippen LogP contribution >= 0.6 is 27.3 Å². The van der Waals surface area contributed by atoms with E-state index < -0.39 is 11.6 Å². The van der Waals surface area contributed by atoms with Crippen LogP contribution in [0.25, 0.3) is 10.2 Å².